The summed E-state index contributed by atoms with van der Waals surface area (Å²) < 4.78 is 37.3. The predicted octanol–water partition coefficient (Wildman–Crippen LogP) is 3.16. The van der Waals surface area contributed by atoms with Crippen molar-refractivity contribution in [2.75, 3.05) is 18.4 Å². The number of hydrogen-bond acceptors (Lipinski definition) is 3. The van der Waals surface area contributed by atoms with Gasteiger partial charge in [0.2, 0.25) is 0 Å². The molecule has 20 heavy (non-hydrogen) atoms. The van der Waals surface area contributed by atoms with Crippen LogP contribution in [0.1, 0.15) is 6.92 Å². The van der Waals surface area contributed by atoms with Gasteiger partial charge in [-0.2, -0.15) is 13.2 Å². The van der Waals surface area contributed by atoms with Crippen molar-refractivity contribution < 1.29 is 18.0 Å². The number of hydrogen-bond donors (Lipinski definition) is 2. The zero-order valence-corrected chi connectivity index (χ0v) is 11.5. The lowest BCUT2D eigenvalue weighted by atomic mass is 10.0. The molecule has 0 spiro atoms. The van der Waals surface area contributed by atoms with Gasteiger partial charge in [-0.3, -0.25) is 4.79 Å². The fourth-order valence-electron chi connectivity index (χ4n) is 1.68. The van der Waals surface area contributed by atoms with Gasteiger partial charge in [0, 0.05) is 23.6 Å². The van der Waals surface area contributed by atoms with Crippen LogP contribution in [0.4, 0.5) is 18.9 Å². The summed E-state index contributed by atoms with van der Waals surface area (Å²) in [6.07, 6.45) is 0. The van der Waals surface area contributed by atoms with Crippen molar-refractivity contribution in [3.8, 4) is 0 Å². The molecule has 2 rings (SSSR count). The predicted molar refractivity (Wildman–Crippen MR) is 72.6 cm³/mol. The first kappa shape index (κ1) is 14.9. The molecule has 0 unspecified atom stereocenters. The summed E-state index contributed by atoms with van der Waals surface area (Å²) in [6.45, 7) is 2.97. The lowest BCUT2D eigenvalue weighted by Crippen LogP contribution is -2.36. The lowest BCUT2D eigenvalue weighted by Gasteiger charge is -2.21. The molecule has 1 aliphatic rings. The van der Waals surface area contributed by atoms with Gasteiger partial charge in [-0.1, -0.05) is 12.1 Å². The maximum Gasteiger partial charge on any atom is 0.446 e. The SMILES string of the molecule is CC(C(=O)Nc1ccccc1SC(F)(F)F)=C1CNC1. The van der Waals surface area contributed by atoms with Crippen molar-refractivity contribution >= 4 is 23.4 Å². The molecule has 0 saturated carbocycles. The number of benzene rings is 1. The van der Waals surface area contributed by atoms with Crippen LogP contribution in [0.2, 0.25) is 0 Å². The molecule has 1 aliphatic heterocycles. The smallest absolute Gasteiger partial charge is 0.321 e. The van der Waals surface area contributed by atoms with E-state index in [2.05, 4.69) is 10.6 Å². The Kier molecular flexibility index (Phi) is 4.39. The van der Waals surface area contributed by atoms with Crippen molar-refractivity contribution in [3.05, 3.63) is 35.4 Å². The molecule has 1 aromatic carbocycles. The Morgan fingerprint density at radius 2 is 1.95 bits per heavy atom. The first-order chi connectivity index (χ1) is 9.37. The summed E-state index contributed by atoms with van der Waals surface area (Å²) in [5.41, 5.74) is -2.68. The average molecular weight is 302 g/mol. The molecule has 1 heterocycles. The third kappa shape index (κ3) is 3.77. The van der Waals surface area contributed by atoms with Gasteiger partial charge in [-0.25, -0.2) is 0 Å². The Balaban J connectivity index is 2.15. The molecular formula is C13H13F3N2OS. The Morgan fingerprint density at radius 3 is 2.50 bits per heavy atom. The van der Waals surface area contributed by atoms with Crippen molar-refractivity contribution in [2.24, 2.45) is 0 Å². The van der Waals surface area contributed by atoms with E-state index in [4.69, 9.17) is 0 Å². The zero-order chi connectivity index (χ0) is 14.8. The Morgan fingerprint density at radius 1 is 1.30 bits per heavy atom. The number of amides is 1. The van der Waals surface area contributed by atoms with Crippen LogP contribution in [0.25, 0.3) is 0 Å². The third-order valence-electron chi connectivity index (χ3n) is 2.91. The van der Waals surface area contributed by atoms with E-state index in [-0.39, 0.29) is 28.3 Å². The second-order valence-corrected chi connectivity index (χ2v) is 5.44. The number of alkyl halides is 3. The molecule has 0 radical (unpaired) electrons. The fraction of sp³-hybridized carbons (Fsp3) is 0.308. The second kappa shape index (κ2) is 5.88. The van der Waals surface area contributed by atoms with Crippen LogP contribution >= 0.6 is 11.8 Å². The maximum atomic E-state index is 12.4. The van der Waals surface area contributed by atoms with E-state index in [9.17, 15) is 18.0 Å². The molecule has 1 aromatic rings. The number of nitrogens with one attached hydrogen (secondary N) is 2. The topological polar surface area (TPSA) is 41.1 Å². The largest absolute Gasteiger partial charge is 0.446 e. The second-order valence-electron chi connectivity index (χ2n) is 4.33. The normalized spacial score (nSPS) is 14.7. The molecule has 108 valence electrons. The summed E-state index contributed by atoms with van der Waals surface area (Å²) in [4.78, 5) is 12.0. The Hall–Kier alpha value is -1.47. The van der Waals surface area contributed by atoms with Crippen molar-refractivity contribution in [3.63, 3.8) is 0 Å². The molecule has 2 N–H and O–H groups in total. The molecule has 0 atom stereocenters. The molecule has 0 aromatic heterocycles. The van der Waals surface area contributed by atoms with Crippen molar-refractivity contribution in [1.82, 2.24) is 5.32 Å². The van der Waals surface area contributed by atoms with Crippen LogP contribution in [-0.4, -0.2) is 24.5 Å². The maximum absolute atomic E-state index is 12.4. The van der Waals surface area contributed by atoms with Gasteiger partial charge < -0.3 is 10.6 Å². The number of anilines is 1. The van der Waals surface area contributed by atoms with Gasteiger partial charge in [0.05, 0.1) is 5.69 Å². The summed E-state index contributed by atoms with van der Waals surface area (Å²) >= 11 is -0.234. The third-order valence-corrected chi connectivity index (χ3v) is 3.72. The first-order valence-electron chi connectivity index (χ1n) is 5.92. The van der Waals surface area contributed by atoms with E-state index in [0.29, 0.717) is 18.7 Å². The number of halogens is 3. The van der Waals surface area contributed by atoms with Crippen LogP contribution in [0.3, 0.4) is 0 Å². The van der Waals surface area contributed by atoms with Crippen LogP contribution in [-0.2, 0) is 4.79 Å². The Labute approximate surface area is 118 Å². The molecule has 1 amide bonds. The lowest BCUT2D eigenvalue weighted by molar-refractivity contribution is -0.112. The van der Waals surface area contributed by atoms with E-state index in [1.807, 2.05) is 0 Å². The molecule has 0 aliphatic carbocycles. The average Bonchev–Trinajstić information content (AvgIpc) is 2.27. The van der Waals surface area contributed by atoms with Gasteiger partial charge in [0.25, 0.3) is 5.91 Å². The van der Waals surface area contributed by atoms with Gasteiger partial charge in [0.1, 0.15) is 0 Å². The quantitative estimate of drug-likeness (QED) is 0.665. The van der Waals surface area contributed by atoms with Gasteiger partial charge >= 0.3 is 5.51 Å². The number of rotatable bonds is 3. The highest BCUT2D eigenvalue weighted by atomic mass is 32.2. The van der Waals surface area contributed by atoms with E-state index >= 15 is 0 Å². The van der Waals surface area contributed by atoms with Crippen molar-refractivity contribution in [2.45, 2.75) is 17.3 Å². The standard InChI is InChI=1S/C13H13F3N2OS/c1-8(9-6-17-7-9)12(19)18-10-4-2-3-5-11(10)20-13(14,15)16/h2-5,17H,6-7H2,1H3,(H,18,19). The van der Waals surface area contributed by atoms with E-state index in [1.165, 1.54) is 18.2 Å². The number of thioether (sulfide) groups is 1. The molecule has 0 bridgehead atoms. The van der Waals surface area contributed by atoms with Gasteiger partial charge in [-0.15, -0.1) is 0 Å². The molecular weight excluding hydrogens is 289 g/mol. The summed E-state index contributed by atoms with van der Waals surface area (Å²) in [5, 5.41) is 5.55. The molecule has 1 fully saturated rings. The first-order valence-corrected chi connectivity index (χ1v) is 6.74. The van der Waals surface area contributed by atoms with Crippen LogP contribution in [0.15, 0.2) is 40.3 Å². The monoisotopic (exact) mass is 302 g/mol. The highest BCUT2D eigenvalue weighted by Crippen LogP contribution is 2.40. The fourth-order valence-corrected chi connectivity index (χ4v) is 2.30. The summed E-state index contributed by atoms with van der Waals surface area (Å²) in [7, 11) is 0. The summed E-state index contributed by atoms with van der Waals surface area (Å²) in [5.74, 6) is -0.364. The van der Waals surface area contributed by atoms with Gasteiger partial charge in [-0.05, 0) is 36.4 Å². The molecule has 1 saturated heterocycles. The van der Waals surface area contributed by atoms with E-state index < -0.39 is 5.51 Å². The molecule has 3 nitrogen and oxygen atoms in total. The highest BCUT2D eigenvalue weighted by Gasteiger charge is 2.30. The number of carbonyl (C=O) groups excluding carboxylic acids is 1. The highest BCUT2D eigenvalue weighted by molar-refractivity contribution is 8.00. The minimum absolute atomic E-state index is 0.0158. The number of carbonyl (C=O) groups is 1. The van der Waals surface area contributed by atoms with E-state index in [0.717, 1.165) is 5.57 Å². The van der Waals surface area contributed by atoms with Crippen LogP contribution in [0.5, 0.6) is 0 Å². The number of para-hydroxylation sites is 1. The minimum Gasteiger partial charge on any atom is -0.321 e. The zero-order valence-electron chi connectivity index (χ0n) is 10.7. The van der Waals surface area contributed by atoms with Crippen LogP contribution in [0, 0.1) is 0 Å². The summed E-state index contributed by atoms with van der Waals surface area (Å²) in [6, 6.07) is 5.89. The van der Waals surface area contributed by atoms with E-state index in [1.54, 1.807) is 13.0 Å². The Bertz CT molecular complexity index is 549. The van der Waals surface area contributed by atoms with Gasteiger partial charge in [0.15, 0.2) is 0 Å². The van der Waals surface area contributed by atoms with Crippen molar-refractivity contribution in [1.29, 1.82) is 0 Å². The minimum atomic E-state index is -4.38. The van der Waals surface area contributed by atoms with Crippen LogP contribution < -0.4 is 10.6 Å². The molecule has 7 heteroatoms.